The second kappa shape index (κ2) is 6.27. The maximum absolute atomic E-state index is 12.5. The van der Waals surface area contributed by atoms with Gasteiger partial charge in [0, 0.05) is 17.5 Å². The third-order valence-corrected chi connectivity index (χ3v) is 4.98. The van der Waals surface area contributed by atoms with Crippen LogP contribution in [0, 0.1) is 0 Å². The number of thiophene rings is 1. The predicted molar refractivity (Wildman–Crippen MR) is 88.2 cm³/mol. The van der Waals surface area contributed by atoms with Crippen LogP contribution in [-0.4, -0.2) is 17.4 Å². The monoisotopic (exact) mass is 297 g/mol. The highest BCUT2D eigenvalue weighted by atomic mass is 32.1. The minimum atomic E-state index is 0.113. The van der Waals surface area contributed by atoms with E-state index in [2.05, 4.69) is 18.4 Å². The Morgan fingerprint density at radius 1 is 1.33 bits per heavy atom. The van der Waals surface area contributed by atoms with Gasteiger partial charge >= 0.3 is 0 Å². The lowest BCUT2D eigenvalue weighted by Crippen LogP contribution is -2.38. The largest absolute Gasteiger partial charge is 0.332 e. The van der Waals surface area contributed by atoms with Crippen LogP contribution in [0.25, 0.3) is 6.08 Å². The fraction of sp³-hybridized carbons (Fsp3) is 0.278. The van der Waals surface area contributed by atoms with Crippen molar-refractivity contribution in [2.24, 2.45) is 0 Å². The molecule has 0 N–H and O–H groups in total. The quantitative estimate of drug-likeness (QED) is 0.774. The van der Waals surface area contributed by atoms with Crippen LogP contribution in [-0.2, 0) is 11.2 Å². The van der Waals surface area contributed by atoms with Crippen LogP contribution in [0.4, 0.5) is 0 Å². The van der Waals surface area contributed by atoms with E-state index in [0.717, 1.165) is 24.9 Å². The summed E-state index contributed by atoms with van der Waals surface area (Å²) in [5.41, 5.74) is 2.40. The molecule has 1 atom stereocenters. The minimum Gasteiger partial charge on any atom is -0.332 e. The first-order valence-corrected chi connectivity index (χ1v) is 8.27. The molecule has 0 spiro atoms. The van der Waals surface area contributed by atoms with E-state index < -0.39 is 0 Å². The summed E-state index contributed by atoms with van der Waals surface area (Å²) in [6.07, 6.45) is 5.55. The molecule has 3 rings (SSSR count). The van der Waals surface area contributed by atoms with E-state index in [0.29, 0.717) is 0 Å². The van der Waals surface area contributed by atoms with Crippen LogP contribution in [0.5, 0.6) is 0 Å². The van der Waals surface area contributed by atoms with Crippen LogP contribution >= 0.6 is 11.3 Å². The first-order valence-electron chi connectivity index (χ1n) is 7.39. The standard InChI is InChI=1S/C18H19NOS/c1-2-16-15-11-13-21-17(15)10-12-19(16)18(20)9-8-14-6-4-3-5-7-14/h3-9,11,13,16H,2,10,12H2,1H3. The van der Waals surface area contributed by atoms with Gasteiger partial charge in [0.05, 0.1) is 6.04 Å². The van der Waals surface area contributed by atoms with Crippen molar-refractivity contribution in [3.8, 4) is 0 Å². The number of carbonyl (C=O) groups excluding carboxylic acids is 1. The van der Waals surface area contributed by atoms with Crippen molar-refractivity contribution in [3.63, 3.8) is 0 Å². The molecule has 1 aliphatic rings. The number of fused-ring (bicyclic) bond motifs is 1. The Hall–Kier alpha value is -1.87. The van der Waals surface area contributed by atoms with Crippen LogP contribution in [0.2, 0.25) is 0 Å². The van der Waals surface area contributed by atoms with E-state index in [1.54, 1.807) is 6.08 Å². The average Bonchev–Trinajstić information content (AvgIpc) is 3.01. The third kappa shape index (κ3) is 2.93. The molecule has 0 bridgehead atoms. The van der Waals surface area contributed by atoms with Crippen molar-refractivity contribution in [3.05, 3.63) is 63.9 Å². The van der Waals surface area contributed by atoms with Crippen LogP contribution < -0.4 is 0 Å². The zero-order valence-electron chi connectivity index (χ0n) is 12.2. The summed E-state index contributed by atoms with van der Waals surface area (Å²) in [4.78, 5) is 16.0. The summed E-state index contributed by atoms with van der Waals surface area (Å²) in [5, 5.41) is 2.14. The Morgan fingerprint density at radius 2 is 2.14 bits per heavy atom. The first-order chi connectivity index (χ1) is 10.3. The van der Waals surface area contributed by atoms with Gasteiger partial charge in [0.25, 0.3) is 0 Å². The molecular formula is C18H19NOS. The number of rotatable bonds is 3. The topological polar surface area (TPSA) is 20.3 Å². The van der Waals surface area contributed by atoms with E-state index in [1.165, 1.54) is 10.4 Å². The van der Waals surface area contributed by atoms with Crippen molar-refractivity contribution >= 4 is 23.3 Å². The van der Waals surface area contributed by atoms with Gasteiger partial charge in [-0.3, -0.25) is 4.79 Å². The Labute approximate surface area is 129 Å². The third-order valence-electron chi connectivity index (χ3n) is 3.98. The Bertz CT molecular complexity index is 644. The van der Waals surface area contributed by atoms with Crippen molar-refractivity contribution in [1.29, 1.82) is 0 Å². The minimum absolute atomic E-state index is 0.113. The van der Waals surface area contributed by atoms with Gasteiger partial charge in [-0.25, -0.2) is 0 Å². The van der Waals surface area contributed by atoms with Gasteiger partial charge in [-0.15, -0.1) is 11.3 Å². The summed E-state index contributed by atoms with van der Waals surface area (Å²) in [6, 6.07) is 12.4. The van der Waals surface area contributed by atoms with Gasteiger partial charge in [0.15, 0.2) is 0 Å². The highest BCUT2D eigenvalue weighted by Crippen LogP contribution is 2.35. The molecule has 1 amide bonds. The fourth-order valence-electron chi connectivity index (χ4n) is 2.93. The summed E-state index contributed by atoms with van der Waals surface area (Å²) in [7, 11) is 0. The predicted octanol–water partition coefficient (Wildman–Crippen LogP) is 4.30. The molecule has 0 radical (unpaired) electrons. The number of hydrogen-bond donors (Lipinski definition) is 0. The van der Waals surface area contributed by atoms with Gasteiger partial charge in [-0.1, -0.05) is 37.3 Å². The number of benzene rings is 1. The molecule has 21 heavy (non-hydrogen) atoms. The molecule has 0 saturated heterocycles. The average molecular weight is 297 g/mol. The maximum atomic E-state index is 12.5. The molecule has 1 aliphatic heterocycles. The maximum Gasteiger partial charge on any atom is 0.247 e. The van der Waals surface area contributed by atoms with Crippen LogP contribution in [0.3, 0.4) is 0 Å². The van der Waals surface area contributed by atoms with Crippen molar-refractivity contribution in [2.45, 2.75) is 25.8 Å². The fourth-order valence-corrected chi connectivity index (χ4v) is 3.86. The van der Waals surface area contributed by atoms with Crippen LogP contribution in [0.1, 0.15) is 35.4 Å². The number of hydrogen-bond acceptors (Lipinski definition) is 2. The Morgan fingerprint density at radius 3 is 2.90 bits per heavy atom. The molecule has 0 saturated carbocycles. The first kappa shape index (κ1) is 14.1. The molecular weight excluding hydrogens is 278 g/mol. The Kier molecular flexibility index (Phi) is 4.20. The molecule has 2 aromatic rings. The molecule has 2 nitrogen and oxygen atoms in total. The second-order valence-electron chi connectivity index (χ2n) is 5.25. The zero-order chi connectivity index (χ0) is 14.7. The highest BCUT2D eigenvalue weighted by Gasteiger charge is 2.29. The SMILES string of the molecule is CCC1c2ccsc2CCN1C(=O)C=Cc1ccccc1. The zero-order valence-corrected chi connectivity index (χ0v) is 13.0. The van der Waals surface area contributed by atoms with E-state index in [9.17, 15) is 4.79 Å². The molecule has 2 heterocycles. The van der Waals surface area contributed by atoms with E-state index in [1.807, 2.05) is 52.6 Å². The van der Waals surface area contributed by atoms with Gasteiger partial charge in [0.1, 0.15) is 0 Å². The molecule has 3 heteroatoms. The smallest absolute Gasteiger partial charge is 0.247 e. The van der Waals surface area contributed by atoms with Gasteiger partial charge in [-0.05, 0) is 41.5 Å². The van der Waals surface area contributed by atoms with Crippen molar-refractivity contribution < 1.29 is 4.79 Å². The van der Waals surface area contributed by atoms with Crippen molar-refractivity contribution in [1.82, 2.24) is 4.90 Å². The summed E-state index contributed by atoms with van der Waals surface area (Å²) < 4.78 is 0. The number of amides is 1. The molecule has 0 fully saturated rings. The van der Waals surface area contributed by atoms with Crippen molar-refractivity contribution in [2.75, 3.05) is 6.54 Å². The molecule has 108 valence electrons. The molecule has 1 aromatic carbocycles. The summed E-state index contributed by atoms with van der Waals surface area (Å²) in [5.74, 6) is 0.113. The molecule has 0 aliphatic carbocycles. The van der Waals surface area contributed by atoms with E-state index in [-0.39, 0.29) is 11.9 Å². The van der Waals surface area contributed by atoms with Gasteiger partial charge in [0.2, 0.25) is 5.91 Å². The van der Waals surface area contributed by atoms with Gasteiger partial charge in [-0.2, -0.15) is 0 Å². The number of nitrogens with zero attached hydrogens (tertiary/aromatic N) is 1. The number of carbonyl (C=O) groups is 1. The molecule has 1 aromatic heterocycles. The Balaban J connectivity index is 1.77. The second-order valence-corrected chi connectivity index (χ2v) is 6.25. The van der Waals surface area contributed by atoms with E-state index in [4.69, 9.17) is 0 Å². The normalized spacial score (nSPS) is 18.0. The van der Waals surface area contributed by atoms with Crippen LogP contribution in [0.15, 0.2) is 47.9 Å². The molecule has 1 unspecified atom stereocenters. The lowest BCUT2D eigenvalue weighted by Gasteiger charge is -2.34. The highest BCUT2D eigenvalue weighted by molar-refractivity contribution is 7.10. The lowest BCUT2D eigenvalue weighted by molar-refractivity contribution is -0.128. The summed E-state index contributed by atoms with van der Waals surface area (Å²) >= 11 is 1.81. The van der Waals surface area contributed by atoms with E-state index >= 15 is 0 Å². The van der Waals surface area contributed by atoms with Gasteiger partial charge < -0.3 is 4.90 Å². The lowest BCUT2D eigenvalue weighted by atomic mass is 9.97. The summed E-state index contributed by atoms with van der Waals surface area (Å²) in [6.45, 7) is 2.97.